The molecule has 0 unspecified atom stereocenters. The molecule has 2 aromatic rings. The molecule has 4 rings (SSSR count). The van der Waals surface area contributed by atoms with Gasteiger partial charge in [-0.15, -0.1) is 11.3 Å². The summed E-state index contributed by atoms with van der Waals surface area (Å²) < 4.78 is 1.38. The number of fused-ring (bicyclic) bond motifs is 1. The summed E-state index contributed by atoms with van der Waals surface area (Å²) in [6.07, 6.45) is 6.65. The molecule has 2 amide bonds. The zero-order chi connectivity index (χ0) is 20.5. The van der Waals surface area contributed by atoms with E-state index in [4.69, 9.17) is 0 Å². The molecule has 0 atom stereocenters. The van der Waals surface area contributed by atoms with E-state index in [2.05, 4.69) is 11.9 Å². The SMILES string of the molecule is Cc1c(C(=O)N2CCC(C)CC2)sc2ncn(CC(=O)N3CCCCC3)c(=O)c12. The summed E-state index contributed by atoms with van der Waals surface area (Å²) in [5, 5.41) is 0.470. The number of amides is 2. The largest absolute Gasteiger partial charge is 0.341 e. The number of nitrogens with zero attached hydrogens (tertiary/aromatic N) is 4. The minimum atomic E-state index is -0.236. The fraction of sp³-hybridized carbons (Fsp3) is 0.619. The number of piperidine rings is 2. The highest BCUT2D eigenvalue weighted by Gasteiger charge is 2.26. The Morgan fingerprint density at radius 3 is 2.48 bits per heavy atom. The number of hydrogen-bond donors (Lipinski definition) is 0. The number of carbonyl (C=O) groups excluding carboxylic acids is 2. The Balaban J connectivity index is 1.59. The first kappa shape index (κ1) is 20.1. The van der Waals surface area contributed by atoms with Crippen molar-refractivity contribution in [1.82, 2.24) is 19.4 Å². The molecule has 2 aromatic heterocycles. The predicted molar refractivity (Wildman–Crippen MR) is 113 cm³/mol. The van der Waals surface area contributed by atoms with Gasteiger partial charge in [0.25, 0.3) is 11.5 Å². The van der Waals surface area contributed by atoms with E-state index in [1.165, 1.54) is 22.2 Å². The Hall–Kier alpha value is -2.22. The van der Waals surface area contributed by atoms with Gasteiger partial charge in [-0.1, -0.05) is 6.92 Å². The molecule has 4 heterocycles. The van der Waals surface area contributed by atoms with Crippen molar-refractivity contribution < 1.29 is 9.59 Å². The smallest absolute Gasteiger partial charge is 0.264 e. The Kier molecular flexibility index (Phi) is 5.72. The lowest BCUT2D eigenvalue weighted by atomic mass is 9.99. The maximum Gasteiger partial charge on any atom is 0.264 e. The highest BCUT2D eigenvalue weighted by atomic mass is 32.1. The minimum Gasteiger partial charge on any atom is -0.341 e. The number of aryl methyl sites for hydroxylation is 1. The molecule has 29 heavy (non-hydrogen) atoms. The van der Waals surface area contributed by atoms with Crippen LogP contribution in [0.3, 0.4) is 0 Å². The molecule has 0 radical (unpaired) electrons. The zero-order valence-corrected chi connectivity index (χ0v) is 18.0. The Bertz CT molecular complexity index is 982. The van der Waals surface area contributed by atoms with E-state index in [1.54, 1.807) is 0 Å². The predicted octanol–water partition coefficient (Wildman–Crippen LogP) is 2.65. The maximum atomic E-state index is 13.1. The Morgan fingerprint density at radius 1 is 1.10 bits per heavy atom. The first-order valence-corrected chi connectivity index (χ1v) is 11.3. The van der Waals surface area contributed by atoms with Gasteiger partial charge in [-0.25, -0.2) is 4.98 Å². The quantitative estimate of drug-likeness (QED) is 0.771. The number of thiophene rings is 1. The van der Waals surface area contributed by atoms with Gasteiger partial charge in [0.1, 0.15) is 11.4 Å². The normalized spacial score (nSPS) is 18.4. The molecule has 156 valence electrons. The number of aromatic nitrogens is 2. The second-order valence-electron chi connectivity index (χ2n) is 8.33. The molecular weight excluding hydrogens is 388 g/mol. The molecule has 2 aliphatic heterocycles. The molecular formula is C21H28N4O3S. The standard InChI is InChI=1S/C21H28N4O3S/c1-14-6-10-24(11-7-14)21(28)18-15(2)17-19(29-18)22-13-25(20(17)27)12-16(26)23-8-4-3-5-9-23/h13-14H,3-12H2,1-2H3. The van der Waals surface area contributed by atoms with Crippen LogP contribution in [0, 0.1) is 12.8 Å². The van der Waals surface area contributed by atoms with E-state index >= 15 is 0 Å². The van der Waals surface area contributed by atoms with Gasteiger partial charge in [-0.3, -0.25) is 19.0 Å². The number of hydrogen-bond acceptors (Lipinski definition) is 5. The van der Waals surface area contributed by atoms with E-state index in [9.17, 15) is 14.4 Å². The van der Waals surface area contributed by atoms with Crippen LogP contribution in [-0.4, -0.2) is 57.3 Å². The molecule has 0 bridgehead atoms. The summed E-state index contributed by atoms with van der Waals surface area (Å²) in [5.41, 5.74) is 0.450. The van der Waals surface area contributed by atoms with Gasteiger partial charge in [0.15, 0.2) is 0 Å². The first-order valence-electron chi connectivity index (χ1n) is 10.5. The Morgan fingerprint density at radius 2 is 1.79 bits per heavy atom. The molecule has 0 aliphatic carbocycles. The van der Waals surface area contributed by atoms with Crippen LogP contribution in [0.4, 0.5) is 0 Å². The molecule has 7 nitrogen and oxygen atoms in total. The van der Waals surface area contributed by atoms with Crippen LogP contribution >= 0.6 is 11.3 Å². The van der Waals surface area contributed by atoms with Crippen molar-refractivity contribution in [2.45, 2.75) is 52.5 Å². The van der Waals surface area contributed by atoms with Gasteiger partial charge in [0.2, 0.25) is 5.91 Å². The lowest BCUT2D eigenvalue weighted by Gasteiger charge is -2.30. The summed E-state index contributed by atoms with van der Waals surface area (Å²) in [5.74, 6) is 0.598. The molecule has 0 spiro atoms. The lowest BCUT2D eigenvalue weighted by molar-refractivity contribution is -0.132. The fourth-order valence-corrected chi connectivity index (χ4v) is 5.33. The molecule has 2 saturated heterocycles. The van der Waals surface area contributed by atoms with E-state index in [1.807, 2.05) is 16.7 Å². The van der Waals surface area contributed by atoms with Crippen LogP contribution in [0.2, 0.25) is 0 Å². The van der Waals surface area contributed by atoms with E-state index in [-0.39, 0.29) is 23.9 Å². The van der Waals surface area contributed by atoms with Gasteiger partial charge in [-0.2, -0.15) is 0 Å². The molecule has 2 fully saturated rings. The second-order valence-corrected chi connectivity index (χ2v) is 9.33. The summed E-state index contributed by atoms with van der Waals surface area (Å²) in [7, 11) is 0. The van der Waals surface area contributed by atoms with Gasteiger partial charge < -0.3 is 9.80 Å². The third-order valence-electron chi connectivity index (χ3n) is 6.20. The van der Waals surface area contributed by atoms with Crippen molar-refractivity contribution in [3.8, 4) is 0 Å². The monoisotopic (exact) mass is 416 g/mol. The molecule has 8 heteroatoms. The van der Waals surface area contributed by atoms with E-state index in [0.29, 0.717) is 26.6 Å². The number of carbonyl (C=O) groups is 2. The van der Waals surface area contributed by atoms with Crippen LogP contribution < -0.4 is 5.56 Å². The van der Waals surface area contributed by atoms with Crippen LogP contribution in [0.25, 0.3) is 10.2 Å². The summed E-state index contributed by atoms with van der Waals surface area (Å²) >= 11 is 1.29. The molecule has 0 aromatic carbocycles. The van der Waals surface area contributed by atoms with Crippen LogP contribution in [-0.2, 0) is 11.3 Å². The van der Waals surface area contributed by atoms with Gasteiger partial charge in [-0.05, 0) is 50.5 Å². The summed E-state index contributed by atoms with van der Waals surface area (Å²) in [6, 6.07) is 0. The minimum absolute atomic E-state index is 0.00432. The van der Waals surface area contributed by atoms with Crippen molar-refractivity contribution in [2.24, 2.45) is 5.92 Å². The molecule has 2 aliphatic rings. The Labute approximate surface area is 174 Å². The molecule has 0 N–H and O–H groups in total. The zero-order valence-electron chi connectivity index (χ0n) is 17.1. The molecule has 0 saturated carbocycles. The first-order chi connectivity index (χ1) is 14.0. The third kappa shape index (κ3) is 3.95. The van der Waals surface area contributed by atoms with Crippen molar-refractivity contribution in [3.05, 3.63) is 27.1 Å². The maximum absolute atomic E-state index is 13.1. The van der Waals surface area contributed by atoms with Crippen LogP contribution in [0.15, 0.2) is 11.1 Å². The summed E-state index contributed by atoms with van der Waals surface area (Å²) in [6.45, 7) is 7.07. The van der Waals surface area contributed by atoms with Crippen molar-refractivity contribution in [3.63, 3.8) is 0 Å². The third-order valence-corrected chi connectivity index (χ3v) is 7.38. The van der Waals surface area contributed by atoms with Crippen LogP contribution in [0.5, 0.6) is 0 Å². The van der Waals surface area contributed by atoms with Crippen molar-refractivity contribution in [2.75, 3.05) is 26.2 Å². The fourth-order valence-electron chi connectivity index (χ4n) is 4.22. The van der Waals surface area contributed by atoms with Gasteiger partial charge in [0, 0.05) is 26.2 Å². The highest BCUT2D eigenvalue weighted by Crippen LogP contribution is 2.29. The topological polar surface area (TPSA) is 75.5 Å². The second kappa shape index (κ2) is 8.26. The van der Waals surface area contributed by atoms with Crippen LogP contribution in [0.1, 0.15) is 54.3 Å². The van der Waals surface area contributed by atoms with E-state index in [0.717, 1.165) is 58.3 Å². The highest BCUT2D eigenvalue weighted by molar-refractivity contribution is 7.20. The average molecular weight is 417 g/mol. The van der Waals surface area contributed by atoms with Gasteiger partial charge >= 0.3 is 0 Å². The van der Waals surface area contributed by atoms with Crippen molar-refractivity contribution in [1.29, 1.82) is 0 Å². The van der Waals surface area contributed by atoms with Gasteiger partial charge in [0.05, 0.1) is 16.6 Å². The summed E-state index contributed by atoms with van der Waals surface area (Å²) in [4.78, 5) is 47.9. The number of likely N-dealkylation sites (tertiary alicyclic amines) is 2. The average Bonchev–Trinajstić information content (AvgIpc) is 3.08. The van der Waals surface area contributed by atoms with Crippen molar-refractivity contribution >= 4 is 33.4 Å². The van der Waals surface area contributed by atoms with E-state index < -0.39 is 0 Å². The lowest BCUT2D eigenvalue weighted by Crippen LogP contribution is -2.39. The number of rotatable bonds is 3.